The van der Waals surface area contributed by atoms with Crippen molar-refractivity contribution in [3.05, 3.63) is 70.5 Å². The molecule has 216 valence electrons. The molecular weight excluding hydrogens is 523 g/mol. The van der Waals surface area contributed by atoms with Crippen molar-refractivity contribution in [2.24, 2.45) is 16.9 Å². The van der Waals surface area contributed by atoms with Crippen LogP contribution in [-0.4, -0.2) is 41.5 Å². The van der Waals surface area contributed by atoms with Gasteiger partial charge in [-0.25, -0.2) is 22.0 Å². The maximum Gasteiger partial charge on any atom is 0.200 e. The Morgan fingerprint density at radius 1 is 0.897 bits per heavy atom. The lowest BCUT2D eigenvalue weighted by molar-refractivity contribution is -0.129. The summed E-state index contributed by atoms with van der Waals surface area (Å²) in [6, 6.07) is 7.30. The molecule has 39 heavy (non-hydrogen) atoms. The lowest BCUT2D eigenvalue weighted by Gasteiger charge is -2.25. The molecule has 2 aromatic carbocycles. The number of aliphatic hydroxyl groups is 1. The van der Waals surface area contributed by atoms with E-state index >= 15 is 0 Å². The van der Waals surface area contributed by atoms with E-state index in [1.807, 2.05) is 44.2 Å². The molecule has 0 bridgehead atoms. The van der Waals surface area contributed by atoms with Crippen LogP contribution in [0.15, 0.2) is 30.3 Å². The van der Waals surface area contributed by atoms with Crippen LogP contribution in [0.3, 0.4) is 0 Å². The van der Waals surface area contributed by atoms with Gasteiger partial charge >= 0.3 is 0 Å². The lowest BCUT2D eigenvalue weighted by Crippen LogP contribution is -2.44. The monoisotopic (exact) mass is 558 g/mol. The highest BCUT2D eigenvalue weighted by atomic mass is 19.2. The van der Waals surface area contributed by atoms with Crippen molar-refractivity contribution in [3.8, 4) is 0 Å². The molecule has 5 N–H and O–H groups in total. The molecule has 0 saturated heterocycles. The molecule has 0 radical (unpaired) electrons. The smallest absolute Gasteiger partial charge is 0.200 e. The number of hydrogen-bond acceptors (Lipinski definition) is 6. The molecule has 2 aromatic rings. The Morgan fingerprint density at radius 2 is 1.44 bits per heavy atom. The largest absolute Gasteiger partial charge is 0.384 e. The summed E-state index contributed by atoms with van der Waals surface area (Å²) in [7, 11) is 0. The Bertz CT molecular complexity index is 1100. The summed E-state index contributed by atoms with van der Waals surface area (Å²) < 4.78 is 73.2. The number of ketones is 2. The third-order valence-electron chi connectivity index (χ3n) is 6.54. The summed E-state index contributed by atoms with van der Waals surface area (Å²) >= 11 is 0. The zero-order valence-corrected chi connectivity index (χ0v) is 22.0. The highest BCUT2D eigenvalue weighted by Gasteiger charge is 2.29. The maximum absolute atomic E-state index is 13.9. The summed E-state index contributed by atoms with van der Waals surface area (Å²) in [6.45, 7) is 3.95. The summed E-state index contributed by atoms with van der Waals surface area (Å²) in [5.74, 6) is -11.1. The molecule has 0 saturated carbocycles. The van der Waals surface area contributed by atoms with Gasteiger partial charge in [-0.3, -0.25) is 9.59 Å². The van der Waals surface area contributed by atoms with Crippen LogP contribution in [0.4, 0.5) is 22.0 Å². The van der Waals surface area contributed by atoms with Gasteiger partial charge in [-0.05, 0) is 30.2 Å². The number of nitrogens with two attached hydrogens (primary N) is 2. The molecule has 0 fully saturated rings. The molecule has 3 atom stereocenters. The topological polar surface area (TPSA) is 116 Å². The van der Waals surface area contributed by atoms with Gasteiger partial charge in [-0.1, -0.05) is 44.2 Å². The van der Waals surface area contributed by atoms with Gasteiger partial charge in [0.1, 0.15) is 11.9 Å². The van der Waals surface area contributed by atoms with Gasteiger partial charge < -0.3 is 21.3 Å². The van der Waals surface area contributed by atoms with Gasteiger partial charge in [-0.15, -0.1) is 0 Å². The number of halogens is 5. The van der Waals surface area contributed by atoms with E-state index in [1.54, 1.807) is 0 Å². The second kappa shape index (κ2) is 14.6. The Kier molecular flexibility index (Phi) is 12.2. The minimum atomic E-state index is -2.26. The number of hydrogen-bond donors (Lipinski definition) is 3. The molecule has 0 spiro atoms. The molecule has 0 aromatic heterocycles. The van der Waals surface area contributed by atoms with Crippen molar-refractivity contribution in [1.82, 2.24) is 0 Å². The second-order valence-corrected chi connectivity index (χ2v) is 10.5. The number of carbonyl (C=O) groups excluding carboxylic acids is 2. The average Bonchev–Trinajstić information content (AvgIpc) is 2.91. The van der Waals surface area contributed by atoms with Crippen LogP contribution in [0.2, 0.25) is 0 Å². The van der Waals surface area contributed by atoms with Crippen LogP contribution in [0.25, 0.3) is 0 Å². The van der Waals surface area contributed by atoms with E-state index < -0.39 is 70.5 Å². The fourth-order valence-corrected chi connectivity index (χ4v) is 3.99. The Labute approximate surface area is 224 Å². The van der Waals surface area contributed by atoms with E-state index in [9.17, 15) is 36.6 Å². The van der Waals surface area contributed by atoms with E-state index in [-0.39, 0.29) is 31.7 Å². The first kappa shape index (κ1) is 32.5. The van der Waals surface area contributed by atoms with Crippen LogP contribution in [-0.2, 0) is 27.4 Å². The van der Waals surface area contributed by atoms with Crippen LogP contribution in [0, 0.1) is 34.5 Å². The molecule has 6 nitrogen and oxygen atoms in total. The first-order chi connectivity index (χ1) is 18.2. The summed E-state index contributed by atoms with van der Waals surface area (Å²) in [5, 5.41) is 10.3. The molecule has 0 amide bonds. The molecule has 0 heterocycles. The number of benzene rings is 2. The molecule has 2 rings (SSSR count). The molecule has 0 aliphatic carbocycles. The predicted octanol–water partition coefficient (Wildman–Crippen LogP) is 4.27. The van der Waals surface area contributed by atoms with E-state index in [0.29, 0.717) is 19.4 Å². The van der Waals surface area contributed by atoms with Crippen LogP contribution >= 0.6 is 0 Å². The van der Waals surface area contributed by atoms with Crippen LogP contribution in [0.1, 0.15) is 57.1 Å². The van der Waals surface area contributed by atoms with Crippen LogP contribution in [0.5, 0.6) is 0 Å². The Balaban J connectivity index is 1.76. The number of rotatable bonds is 16. The third kappa shape index (κ3) is 9.75. The molecular formula is C28H35F5N2O4. The van der Waals surface area contributed by atoms with Gasteiger partial charge in [0, 0.05) is 30.9 Å². The minimum Gasteiger partial charge on any atom is -0.384 e. The fraction of sp³-hybridized carbons (Fsp3) is 0.500. The SMILES string of the molecule is CC(C)(CCC(=O)CC(N)Cc1c(F)c(F)c(F)c(F)c1F)CCC(=O)C(O)C(N)COCc1ccccc1. The van der Waals surface area contributed by atoms with E-state index in [1.165, 1.54) is 0 Å². The second-order valence-electron chi connectivity index (χ2n) is 10.5. The maximum atomic E-state index is 13.9. The van der Waals surface area contributed by atoms with Crippen molar-refractivity contribution in [2.45, 2.75) is 77.2 Å². The molecule has 3 unspecified atom stereocenters. The molecule has 0 aliphatic rings. The van der Waals surface area contributed by atoms with E-state index in [2.05, 4.69) is 0 Å². The van der Waals surface area contributed by atoms with Gasteiger partial charge in [0.15, 0.2) is 29.1 Å². The van der Waals surface area contributed by atoms with Crippen molar-refractivity contribution in [2.75, 3.05) is 6.61 Å². The number of aliphatic hydroxyl groups excluding tert-OH is 1. The summed E-state index contributed by atoms with van der Waals surface area (Å²) in [4.78, 5) is 24.8. The van der Waals surface area contributed by atoms with E-state index in [4.69, 9.17) is 16.2 Å². The van der Waals surface area contributed by atoms with Gasteiger partial charge in [0.2, 0.25) is 5.82 Å². The Morgan fingerprint density at radius 3 is 2.03 bits per heavy atom. The van der Waals surface area contributed by atoms with E-state index in [0.717, 1.165) is 5.56 Å². The van der Waals surface area contributed by atoms with Gasteiger partial charge in [0.25, 0.3) is 0 Å². The summed E-state index contributed by atoms with van der Waals surface area (Å²) in [6.07, 6.45) is -1.69. The van der Waals surface area contributed by atoms with Gasteiger partial charge in [-0.2, -0.15) is 0 Å². The minimum absolute atomic E-state index is 0.00897. The highest BCUT2D eigenvalue weighted by Crippen LogP contribution is 2.30. The van der Waals surface area contributed by atoms with Crippen LogP contribution < -0.4 is 11.5 Å². The lowest BCUT2D eigenvalue weighted by atomic mass is 9.81. The predicted molar refractivity (Wildman–Crippen MR) is 135 cm³/mol. The molecule has 11 heteroatoms. The Hall–Kier alpha value is -2.73. The zero-order chi connectivity index (χ0) is 29.3. The number of ether oxygens (including phenoxy) is 1. The first-order valence-electron chi connectivity index (χ1n) is 12.6. The van der Waals surface area contributed by atoms with Gasteiger partial charge in [0.05, 0.1) is 19.3 Å². The standard InChI is InChI=1S/C28H35F5N2O4/c1-28(2,11-9-21(37)27(38)20(35)15-39-14-16-6-4-3-5-7-16)10-8-18(36)12-17(34)13-19-22(29)24(31)26(33)25(32)23(19)30/h3-7,17,20,27,38H,8-15,34-35H2,1-2H3. The normalized spacial score (nSPS) is 14.2. The first-order valence-corrected chi connectivity index (χ1v) is 12.6. The number of carbonyl (C=O) groups is 2. The quantitative estimate of drug-likeness (QED) is 0.161. The van der Waals surface area contributed by atoms with Crippen molar-refractivity contribution in [3.63, 3.8) is 0 Å². The molecule has 0 aliphatic heterocycles. The number of Topliss-reactive ketones (excluding diaryl/α,β-unsaturated/α-hetero) is 2. The highest BCUT2D eigenvalue weighted by molar-refractivity contribution is 5.83. The fourth-order valence-electron chi connectivity index (χ4n) is 3.99. The van der Waals surface area contributed by atoms with Crippen molar-refractivity contribution < 1.29 is 41.4 Å². The summed E-state index contributed by atoms with van der Waals surface area (Å²) in [5.41, 5.74) is 11.1. The third-order valence-corrected chi connectivity index (χ3v) is 6.54. The zero-order valence-electron chi connectivity index (χ0n) is 22.0. The van der Waals surface area contributed by atoms with Crippen molar-refractivity contribution >= 4 is 11.6 Å². The average molecular weight is 559 g/mol. The van der Waals surface area contributed by atoms with Crippen molar-refractivity contribution in [1.29, 1.82) is 0 Å².